The monoisotopic (exact) mass is 545 g/mol. The van der Waals surface area contributed by atoms with Crippen molar-refractivity contribution in [1.82, 2.24) is 20.6 Å². The van der Waals surface area contributed by atoms with E-state index in [-0.39, 0.29) is 5.82 Å². The molecule has 39 heavy (non-hydrogen) atoms. The Morgan fingerprint density at radius 3 is 2.13 bits per heavy atom. The minimum absolute atomic E-state index is 0.301. The summed E-state index contributed by atoms with van der Waals surface area (Å²) < 4.78 is 19.4. The van der Waals surface area contributed by atoms with E-state index in [0.717, 1.165) is 22.4 Å². The normalized spacial score (nSPS) is 9.90. The molecule has 198 valence electrons. The minimum atomic E-state index is -0.301. The van der Waals surface area contributed by atoms with E-state index in [2.05, 4.69) is 37.7 Å². The fourth-order valence-electron chi connectivity index (χ4n) is 3.72. The molecule has 0 aliphatic carbocycles. The van der Waals surface area contributed by atoms with Crippen LogP contribution in [-0.4, -0.2) is 34.2 Å². The number of H-pyrrole nitrogens is 1. The molecule has 4 aromatic carbocycles. The van der Waals surface area contributed by atoms with Crippen LogP contribution in [0.5, 0.6) is 11.5 Å². The fourth-order valence-corrected chi connectivity index (χ4v) is 3.85. The maximum absolute atomic E-state index is 13.3. The number of aromatic amines is 1. The van der Waals surface area contributed by atoms with Crippen molar-refractivity contribution in [3.63, 3.8) is 0 Å². The molecule has 0 amide bonds. The SMILES string of the molecule is C=O.C=O.Fc1ccc(Oc2ccccc2CN(Cc2ccc(-c3nn[nH]n3)cc2)c2ccc(Cl)cc2)cc1. The van der Waals surface area contributed by atoms with E-state index in [9.17, 15) is 4.39 Å². The highest BCUT2D eigenvalue weighted by molar-refractivity contribution is 6.30. The molecule has 0 saturated heterocycles. The van der Waals surface area contributed by atoms with Gasteiger partial charge in [-0.05, 0) is 65.4 Å². The molecule has 5 aromatic rings. The average Bonchev–Trinajstić information content (AvgIpc) is 3.53. The number of hydrogen-bond acceptors (Lipinski definition) is 7. The van der Waals surface area contributed by atoms with Crippen molar-refractivity contribution >= 4 is 30.9 Å². The van der Waals surface area contributed by atoms with Crippen LogP contribution in [0.3, 0.4) is 0 Å². The Hall–Kier alpha value is -4.89. The lowest BCUT2D eigenvalue weighted by atomic mass is 10.1. The van der Waals surface area contributed by atoms with Crippen LogP contribution in [-0.2, 0) is 22.7 Å². The molecule has 0 atom stereocenters. The molecular formula is C29H25ClFN5O3. The molecule has 5 rings (SSSR count). The number of nitrogens with zero attached hydrogens (tertiary/aromatic N) is 4. The van der Waals surface area contributed by atoms with E-state index >= 15 is 0 Å². The second-order valence-electron chi connectivity index (χ2n) is 7.93. The molecule has 0 saturated carbocycles. The number of benzene rings is 4. The summed E-state index contributed by atoms with van der Waals surface area (Å²) >= 11 is 6.14. The van der Waals surface area contributed by atoms with Gasteiger partial charge in [-0.2, -0.15) is 5.21 Å². The highest BCUT2D eigenvalue weighted by Gasteiger charge is 2.13. The van der Waals surface area contributed by atoms with Crippen LogP contribution in [0.15, 0.2) is 97.1 Å². The Morgan fingerprint density at radius 1 is 0.821 bits per heavy atom. The lowest BCUT2D eigenvalue weighted by Crippen LogP contribution is -2.22. The van der Waals surface area contributed by atoms with Crippen molar-refractivity contribution in [1.29, 1.82) is 0 Å². The van der Waals surface area contributed by atoms with E-state index in [1.54, 1.807) is 12.1 Å². The number of carbonyl (C=O) groups is 2. The number of rotatable bonds is 8. The molecular weight excluding hydrogens is 521 g/mol. The van der Waals surface area contributed by atoms with E-state index in [1.165, 1.54) is 12.1 Å². The predicted molar refractivity (Wildman–Crippen MR) is 148 cm³/mol. The molecule has 0 unspecified atom stereocenters. The Balaban J connectivity index is 0.00000100. The summed E-state index contributed by atoms with van der Waals surface area (Å²) in [7, 11) is 0. The molecule has 1 aromatic heterocycles. The molecule has 0 fully saturated rings. The number of ether oxygens (including phenoxy) is 1. The zero-order valence-electron chi connectivity index (χ0n) is 20.8. The van der Waals surface area contributed by atoms with Gasteiger partial charge in [0.25, 0.3) is 0 Å². The van der Waals surface area contributed by atoms with Gasteiger partial charge in [0.05, 0.1) is 0 Å². The van der Waals surface area contributed by atoms with Crippen molar-refractivity contribution in [2.45, 2.75) is 13.1 Å². The van der Waals surface area contributed by atoms with E-state index in [4.69, 9.17) is 25.9 Å². The zero-order valence-corrected chi connectivity index (χ0v) is 21.6. The number of halogens is 2. The van der Waals surface area contributed by atoms with Gasteiger partial charge in [0, 0.05) is 34.9 Å². The van der Waals surface area contributed by atoms with Gasteiger partial charge >= 0.3 is 0 Å². The number of anilines is 1. The first kappa shape index (κ1) is 28.7. The van der Waals surface area contributed by atoms with Gasteiger partial charge in [-0.3, -0.25) is 0 Å². The van der Waals surface area contributed by atoms with Crippen molar-refractivity contribution in [3.8, 4) is 22.9 Å². The van der Waals surface area contributed by atoms with Crippen molar-refractivity contribution < 1.29 is 18.7 Å². The van der Waals surface area contributed by atoms with Gasteiger partial charge in [0.1, 0.15) is 30.9 Å². The number of hydrogen-bond donors (Lipinski definition) is 1. The second-order valence-corrected chi connectivity index (χ2v) is 8.36. The van der Waals surface area contributed by atoms with Crippen LogP contribution in [0.1, 0.15) is 11.1 Å². The molecule has 0 bridgehead atoms. The van der Waals surface area contributed by atoms with E-state index in [0.29, 0.717) is 35.4 Å². The molecule has 0 aliphatic heterocycles. The summed E-state index contributed by atoms with van der Waals surface area (Å²) in [6, 6.07) is 29.7. The molecule has 0 spiro atoms. The third kappa shape index (κ3) is 8.05. The van der Waals surface area contributed by atoms with Gasteiger partial charge in [-0.25, -0.2) is 4.39 Å². The van der Waals surface area contributed by atoms with Crippen molar-refractivity contribution in [3.05, 3.63) is 119 Å². The maximum atomic E-state index is 13.3. The summed E-state index contributed by atoms with van der Waals surface area (Å²) in [6.45, 7) is 5.24. The third-order valence-corrected chi connectivity index (χ3v) is 5.75. The topological polar surface area (TPSA) is 101 Å². The first-order valence-electron chi connectivity index (χ1n) is 11.6. The van der Waals surface area contributed by atoms with Gasteiger partial charge in [-0.1, -0.05) is 54.1 Å². The number of para-hydroxylation sites is 1. The van der Waals surface area contributed by atoms with Gasteiger partial charge in [0.15, 0.2) is 0 Å². The standard InChI is InChI=1S/C27H21ClFN5O.2CH2O/c28-22-9-13-24(14-10-22)34(17-19-5-7-20(8-6-19)27-30-32-33-31-27)18-21-3-1-2-4-26(21)35-25-15-11-23(29)12-16-25;2*1-2/h1-16H,17-18H2,(H,30,31,32,33);2*1H2. The lowest BCUT2D eigenvalue weighted by Gasteiger charge is -2.26. The zero-order chi connectivity index (χ0) is 28.0. The van der Waals surface area contributed by atoms with Crippen molar-refractivity contribution in [2.75, 3.05) is 4.90 Å². The molecule has 0 radical (unpaired) electrons. The predicted octanol–water partition coefficient (Wildman–Crippen LogP) is 6.29. The quantitative estimate of drug-likeness (QED) is 0.244. The first-order valence-corrected chi connectivity index (χ1v) is 11.9. The molecule has 10 heteroatoms. The number of tetrazole rings is 1. The second kappa shape index (κ2) is 14.7. The number of aromatic nitrogens is 4. The fraction of sp³-hybridized carbons (Fsp3) is 0.0690. The van der Waals surface area contributed by atoms with Gasteiger partial charge in [0.2, 0.25) is 5.82 Å². The smallest absolute Gasteiger partial charge is 0.204 e. The Kier molecular flexibility index (Phi) is 10.8. The summed E-state index contributed by atoms with van der Waals surface area (Å²) in [6.07, 6.45) is 0. The van der Waals surface area contributed by atoms with Gasteiger partial charge in [-0.15, -0.1) is 10.2 Å². The van der Waals surface area contributed by atoms with Gasteiger partial charge < -0.3 is 19.2 Å². The van der Waals surface area contributed by atoms with E-state index in [1.807, 2.05) is 74.2 Å². The molecule has 0 aliphatic rings. The van der Waals surface area contributed by atoms with E-state index < -0.39 is 0 Å². The largest absolute Gasteiger partial charge is 0.457 e. The van der Waals surface area contributed by atoms with Crippen LogP contribution in [0.2, 0.25) is 5.02 Å². The Bertz CT molecular complexity index is 1420. The average molecular weight is 546 g/mol. The van der Waals surface area contributed by atoms with Crippen LogP contribution in [0.4, 0.5) is 10.1 Å². The Morgan fingerprint density at radius 2 is 1.49 bits per heavy atom. The molecule has 8 nitrogen and oxygen atoms in total. The lowest BCUT2D eigenvalue weighted by molar-refractivity contribution is -0.0987. The summed E-state index contributed by atoms with van der Waals surface area (Å²) in [4.78, 5) is 18.2. The third-order valence-electron chi connectivity index (χ3n) is 5.50. The summed E-state index contributed by atoms with van der Waals surface area (Å²) in [5.41, 5.74) is 4.02. The molecule has 1 N–H and O–H groups in total. The first-order chi connectivity index (χ1) is 19.1. The summed E-state index contributed by atoms with van der Waals surface area (Å²) in [5, 5.41) is 14.8. The highest BCUT2D eigenvalue weighted by atomic mass is 35.5. The van der Waals surface area contributed by atoms with Crippen LogP contribution in [0, 0.1) is 5.82 Å². The number of carbonyl (C=O) groups excluding carboxylic acids is 2. The molecule has 1 heterocycles. The van der Waals surface area contributed by atoms with Crippen molar-refractivity contribution in [2.24, 2.45) is 0 Å². The maximum Gasteiger partial charge on any atom is 0.204 e. The van der Waals surface area contributed by atoms with Crippen LogP contribution < -0.4 is 9.64 Å². The number of nitrogens with one attached hydrogen (secondary N) is 1. The van der Waals surface area contributed by atoms with Crippen LogP contribution in [0.25, 0.3) is 11.4 Å². The summed E-state index contributed by atoms with van der Waals surface area (Å²) in [5.74, 6) is 1.54. The Labute approximate surface area is 230 Å². The minimum Gasteiger partial charge on any atom is -0.457 e. The highest BCUT2D eigenvalue weighted by Crippen LogP contribution is 2.29. The van der Waals surface area contributed by atoms with Crippen LogP contribution >= 0.6 is 11.6 Å².